The first-order valence-electron chi connectivity index (χ1n) is 10.9. The molecule has 0 aliphatic carbocycles. The molecule has 1 aliphatic heterocycles. The van der Waals surface area contributed by atoms with Crippen molar-refractivity contribution in [3.05, 3.63) is 78.8 Å². The molecule has 0 spiro atoms. The van der Waals surface area contributed by atoms with Crippen LogP contribution in [-0.4, -0.2) is 38.2 Å². The number of aromatic amines is 1. The minimum atomic E-state index is -0.408. The van der Waals surface area contributed by atoms with Crippen LogP contribution in [0.5, 0.6) is 0 Å². The summed E-state index contributed by atoms with van der Waals surface area (Å²) in [6, 6.07) is 9.76. The Hall–Kier alpha value is -3.58. The molecular weight excluding hydrogens is 403 g/mol. The Balaban J connectivity index is 1.41. The smallest absolute Gasteiger partial charge is 0.143 e. The summed E-state index contributed by atoms with van der Waals surface area (Å²) in [6.07, 6.45) is 10.4. The lowest BCUT2D eigenvalue weighted by atomic mass is 10.0. The maximum Gasteiger partial charge on any atom is 0.143 e. The fourth-order valence-corrected chi connectivity index (χ4v) is 4.24. The van der Waals surface area contributed by atoms with Crippen molar-refractivity contribution in [2.45, 2.75) is 25.8 Å². The average Bonchev–Trinajstić information content (AvgIpc) is 3.23. The molecular formula is C25H25FN6. The molecule has 162 valence electrons. The molecule has 1 aliphatic rings. The van der Waals surface area contributed by atoms with Crippen LogP contribution in [0, 0.1) is 5.82 Å². The van der Waals surface area contributed by atoms with E-state index in [0.29, 0.717) is 17.1 Å². The lowest BCUT2D eigenvalue weighted by Gasteiger charge is -2.26. The first kappa shape index (κ1) is 20.3. The highest BCUT2D eigenvalue weighted by molar-refractivity contribution is 5.94. The van der Waals surface area contributed by atoms with Gasteiger partial charge in [-0.1, -0.05) is 19.1 Å². The van der Waals surface area contributed by atoms with Gasteiger partial charge in [0.2, 0.25) is 0 Å². The first-order valence-corrected chi connectivity index (χ1v) is 10.9. The number of H-pyrrole nitrogens is 1. The van der Waals surface area contributed by atoms with E-state index in [1.807, 2.05) is 18.5 Å². The zero-order chi connectivity index (χ0) is 21.9. The quantitative estimate of drug-likeness (QED) is 0.440. The Bertz CT molecular complexity index is 1260. The number of aromatic nitrogens is 4. The van der Waals surface area contributed by atoms with E-state index in [4.69, 9.17) is 0 Å². The highest BCUT2D eigenvalue weighted by atomic mass is 19.1. The number of halogens is 1. The van der Waals surface area contributed by atoms with Crippen LogP contribution in [-0.2, 0) is 6.54 Å². The number of hydrogen-bond acceptors (Lipinski definition) is 5. The van der Waals surface area contributed by atoms with Crippen LogP contribution in [0.3, 0.4) is 0 Å². The molecule has 4 aromatic rings. The number of fused-ring (bicyclic) bond motifs is 1. The summed E-state index contributed by atoms with van der Waals surface area (Å²) in [4.78, 5) is 10.9. The van der Waals surface area contributed by atoms with Crippen LogP contribution >= 0.6 is 0 Å². The summed E-state index contributed by atoms with van der Waals surface area (Å²) in [7, 11) is 0. The fourth-order valence-electron chi connectivity index (χ4n) is 4.24. The van der Waals surface area contributed by atoms with E-state index < -0.39 is 5.82 Å². The van der Waals surface area contributed by atoms with E-state index in [1.165, 1.54) is 30.9 Å². The summed E-state index contributed by atoms with van der Waals surface area (Å²) in [6.45, 7) is 7.34. The molecule has 0 unspecified atom stereocenters. The van der Waals surface area contributed by atoms with Gasteiger partial charge in [0.05, 0.1) is 29.3 Å². The molecule has 7 heteroatoms. The third-order valence-corrected chi connectivity index (χ3v) is 5.83. The van der Waals surface area contributed by atoms with Gasteiger partial charge in [-0.05, 0) is 55.3 Å². The molecule has 3 aromatic heterocycles. The van der Waals surface area contributed by atoms with Crippen LogP contribution in [0.4, 0.5) is 10.1 Å². The lowest BCUT2D eigenvalue weighted by molar-refractivity contribution is 0.220. The van der Waals surface area contributed by atoms with Crippen molar-refractivity contribution in [2.24, 2.45) is 0 Å². The van der Waals surface area contributed by atoms with Crippen LogP contribution in [0.1, 0.15) is 30.5 Å². The van der Waals surface area contributed by atoms with Crippen LogP contribution in [0.25, 0.3) is 27.7 Å². The molecule has 32 heavy (non-hydrogen) atoms. The topological polar surface area (TPSA) is 69.7 Å². The molecule has 1 saturated heterocycles. The molecule has 1 fully saturated rings. The van der Waals surface area contributed by atoms with E-state index in [2.05, 4.69) is 55.2 Å². The number of rotatable bonds is 6. The van der Waals surface area contributed by atoms with Gasteiger partial charge in [0.15, 0.2) is 0 Å². The molecule has 4 heterocycles. The summed E-state index contributed by atoms with van der Waals surface area (Å²) in [5.74, 6) is -0.408. The number of nitrogens with one attached hydrogen (secondary N) is 2. The van der Waals surface area contributed by atoms with Crippen molar-refractivity contribution in [1.82, 2.24) is 25.1 Å². The van der Waals surface area contributed by atoms with E-state index in [9.17, 15) is 4.39 Å². The second-order valence-electron chi connectivity index (χ2n) is 8.25. The van der Waals surface area contributed by atoms with Crippen LogP contribution in [0.2, 0.25) is 0 Å². The van der Waals surface area contributed by atoms with Gasteiger partial charge < -0.3 is 5.32 Å². The Labute approximate surface area is 186 Å². The maximum absolute atomic E-state index is 13.5. The standard InChI is InChI=1S/C25H25FN6/c1-17(29-22-11-21(26)14-28-15-22)25-23-10-19(5-6-24(23)30-31-25)20-9-18(12-27-13-20)16-32-7-3-2-4-8-32/h5-6,9-15,29H,1-4,7-8,16H2,(H,30,31). The van der Waals surface area contributed by atoms with E-state index in [0.717, 1.165) is 47.9 Å². The highest BCUT2D eigenvalue weighted by Gasteiger charge is 2.13. The van der Waals surface area contributed by atoms with Crippen molar-refractivity contribution >= 4 is 22.3 Å². The minimum absolute atomic E-state index is 0.408. The predicted octanol–water partition coefficient (Wildman–Crippen LogP) is 5.23. The molecule has 0 radical (unpaired) electrons. The van der Waals surface area contributed by atoms with Gasteiger partial charge in [0.25, 0.3) is 0 Å². The Morgan fingerprint density at radius 3 is 2.69 bits per heavy atom. The van der Waals surface area contributed by atoms with Gasteiger partial charge in [-0.3, -0.25) is 20.0 Å². The Morgan fingerprint density at radius 2 is 1.84 bits per heavy atom. The minimum Gasteiger partial charge on any atom is -0.353 e. The average molecular weight is 429 g/mol. The third kappa shape index (κ3) is 4.38. The molecule has 6 nitrogen and oxygen atoms in total. The van der Waals surface area contributed by atoms with Gasteiger partial charge in [0.1, 0.15) is 11.5 Å². The van der Waals surface area contributed by atoms with Gasteiger partial charge >= 0.3 is 0 Å². The third-order valence-electron chi connectivity index (χ3n) is 5.83. The monoisotopic (exact) mass is 428 g/mol. The SMILES string of the molecule is C=C(Nc1cncc(F)c1)c1n[nH]c2ccc(-c3cncc(CN4CCCCC4)c3)cc12. The zero-order valence-electron chi connectivity index (χ0n) is 17.8. The number of anilines is 1. The fraction of sp³-hybridized carbons (Fsp3) is 0.240. The molecule has 0 saturated carbocycles. The predicted molar refractivity (Wildman–Crippen MR) is 125 cm³/mol. The van der Waals surface area contributed by atoms with Gasteiger partial charge in [-0.15, -0.1) is 0 Å². The van der Waals surface area contributed by atoms with Crippen molar-refractivity contribution in [3.63, 3.8) is 0 Å². The highest BCUT2D eigenvalue weighted by Crippen LogP contribution is 2.29. The zero-order valence-corrected chi connectivity index (χ0v) is 17.8. The van der Waals surface area contributed by atoms with Gasteiger partial charge in [-0.2, -0.15) is 5.10 Å². The number of nitrogens with zero attached hydrogens (tertiary/aromatic N) is 4. The summed E-state index contributed by atoms with van der Waals surface area (Å²) in [5.41, 5.74) is 6.04. The molecule has 0 amide bonds. The largest absolute Gasteiger partial charge is 0.353 e. The van der Waals surface area contributed by atoms with E-state index >= 15 is 0 Å². The van der Waals surface area contributed by atoms with E-state index in [-0.39, 0.29) is 0 Å². The number of benzene rings is 1. The number of likely N-dealkylation sites (tertiary alicyclic amines) is 1. The van der Waals surface area contributed by atoms with Gasteiger partial charge in [0, 0.05) is 36.0 Å². The maximum atomic E-state index is 13.5. The van der Waals surface area contributed by atoms with E-state index in [1.54, 1.807) is 6.20 Å². The lowest BCUT2D eigenvalue weighted by Crippen LogP contribution is -2.29. The number of hydrogen-bond donors (Lipinski definition) is 2. The molecule has 0 bridgehead atoms. The van der Waals surface area contributed by atoms with Gasteiger partial charge in [-0.25, -0.2) is 4.39 Å². The van der Waals surface area contributed by atoms with Crippen LogP contribution < -0.4 is 5.32 Å². The van der Waals surface area contributed by atoms with Crippen molar-refractivity contribution in [1.29, 1.82) is 0 Å². The summed E-state index contributed by atoms with van der Waals surface area (Å²) >= 11 is 0. The second-order valence-corrected chi connectivity index (χ2v) is 8.25. The normalized spacial score (nSPS) is 14.5. The molecule has 5 rings (SSSR count). The Kier molecular flexibility index (Phi) is 5.64. The number of pyridine rings is 2. The number of piperidine rings is 1. The van der Waals surface area contributed by atoms with Crippen molar-refractivity contribution in [2.75, 3.05) is 18.4 Å². The molecule has 0 atom stereocenters. The molecule has 2 N–H and O–H groups in total. The summed E-state index contributed by atoms with van der Waals surface area (Å²) < 4.78 is 13.5. The Morgan fingerprint density at radius 1 is 1.00 bits per heavy atom. The van der Waals surface area contributed by atoms with Crippen molar-refractivity contribution < 1.29 is 4.39 Å². The first-order chi connectivity index (χ1) is 15.7. The summed E-state index contributed by atoms with van der Waals surface area (Å²) in [5, 5.41) is 11.5. The van der Waals surface area contributed by atoms with Crippen molar-refractivity contribution in [3.8, 4) is 11.1 Å². The second kappa shape index (κ2) is 8.88. The van der Waals surface area contributed by atoms with Crippen LogP contribution in [0.15, 0.2) is 61.7 Å². The molecule has 1 aromatic carbocycles.